The van der Waals surface area contributed by atoms with Crippen molar-refractivity contribution < 1.29 is 4.39 Å². The van der Waals surface area contributed by atoms with E-state index in [0.717, 1.165) is 16.7 Å². The number of halogens is 1. The van der Waals surface area contributed by atoms with Gasteiger partial charge in [-0.05, 0) is 18.2 Å². The van der Waals surface area contributed by atoms with E-state index in [2.05, 4.69) is 9.97 Å². The van der Waals surface area contributed by atoms with Crippen LogP contribution in [-0.4, -0.2) is 14.5 Å². The maximum Gasteiger partial charge on any atom is 0.214 e. The van der Waals surface area contributed by atoms with Crippen LogP contribution in [0.1, 0.15) is 0 Å². The van der Waals surface area contributed by atoms with Gasteiger partial charge in [-0.3, -0.25) is 4.57 Å². The van der Waals surface area contributed by atoms with Crippen molar-refractivity contribution in [2.45, 2.75) is 0 Å². The van der Waals surface area contributed by atoms with Crippen molar-refractivity contribution >= 4 is 11.0 Å². The summed E-state index contributed by atoms with van der Waals surface area (Å²) in [5, 5.41) is 0. The van der Waals surface area contributed by atoms with E-state index >= 15 is 0 Å². The molecule has 0 unspecified atom stereocenters. The monoisotopic (exact) mass is 213 g/mol. The van der Waals surface area contributed by atoms with Gasteiger partial charge in [0, 0.05) is 12.3 Å². The summed E-state index contributed by atoms with van der Waals surface area (Å²) in [5.74, 6) is -0.490. The molecule has 0 saturated heterocycles. The Balaban J connectivity index is 2.26. The molecule has 3 aromatic rings. The van der Waals surface area contributed by atoms with Crippen LogP contribution < -0.4 is 0 Å². The van der Waals surface area contributed by atoms with Crippen molar-refractivity contribution in [1.29, 1.82) is 0 Å². The average molecular weight is 213 g/mol. The van der Waals surface area contributed by atoms with Crippen molar-refractivity contribution in [2.24, 2.45) is 0 Å². The highest BCUT2D eigenvalue weighted by atomic mass is 19.1. The Hall–Kier alpha value is -2.23. The summed E-state index contributed by atoms with van der Waals surface area (Å²) in [6, 6.07) is 10.8. The van der Waals surface area contributed by atoms with E-state index in [4.69, 9.17) is 0 Å². The topological polar surface area (TPSA) is 30.7 Å². The second kappa shape index (κ2) is 3.41. The number of hydrogen-bond acceptors (Lipinski definition) is 2. The predicted octanol–water partition coefficient (Wildman–Crippen LogP) is 2.56. The van der Waals surface area contributed by atoms with E-state index < -0.39 is 5.95 Å². The normalized spacial score (nSPS) is 10.8. The Kier molecular flexibility index (Phi) is 1.93. The summed E-state index contributed by atoms with van der Waals surface area (Å²) in [6.45, 7) is 0. The molecular formula is C12H8FN3. The van der Waals surface area contributed by atoms with Crippen molar-refractivity contribution in [3.05, 3.63) is 54.9 Å². The first-order chi connectivity index (χ1) is 7.84. The third kappa shape index (κ3) is 1.35. The molecule has 0 aliphatic carbocycles. The van der Waals surface area contributed by atoms with Crippen molar-refractivity contribution in [3.8, 4) is 5.69 Å². The molecule has 0 atom stereocenters. The van der Waals surface area contributed by atoms with Gasteiger partial charge in [-0.1, -0.05) is 12.1 Å². The molecular weight excluding hydrogens is 205 g/mol. The summed E-state index contributed by atoms with van der Waals surface area (Å²) in [6.07, 6.45) is 3.12. The quantitative estimate of drug-likeness (QED) is 0.581. The zero-order valence-electron chi connectivity index (χ0n) is 8.34. The Bertz CT molecular complexity index is 645. The average Bonchev–Trinajstić information content (AvgIpc) is 2.72. The van der Waals surface area contributed by atoms with Gasteiger partial charge in [-0.25, -0.2) is 9.97 Å². The van der Waals surface area contributed by atoms with E-state index in [1.807, 2.05) is 28.8 Å². The fourth-order valence-corrected chi connectivity index (χ4v) is 1.71. The number of fused-ring (bicyclic) bond motifs is 1. The van der Waals surface area contributed by atoms with E-state index in [1.165, 1.54) is 12.3 Å². The molecule has 78 valence electrons. The fraction of sp³-hybridized carbons (Fsp3) is 0. The van der Waals surface area contributed by atoms with Crippen molar-refractivity contribution in [2.75, 3.05) is 0 Å². The first-order valence-corrected chi connectivity index (χ1v) is 4.88. The third-order valence-corrected chi connectivity index (χ3v) is 2.44. The van der Waals surface area contributed by atoms with Crippen LogP contribution >= 0.6 is 0 Å². The van der Waals surface area contributed by atoms with Crippen molar-refractivity contribution in [3.63, 3.8) is 0 Å². The minimum Gasteiger partial charge on any atom is -0.299 e. The predicted molar refractivity (Wildman–Crippen MR) is 58.8 cm³/mol. The van der Waals surface area contributed by atoms with E-state index in [-0.39, 0.29) is 0 Å². The molecule has 2 aromatic heterocycles. The third-order valence-electron chi connectivity index (χ3n) is 2.44. The van der Waals surface area contributed by atoms with Crippen LogP contribution in [0.25, 0.3) is 16.7 Å². The first kappa shape index (κ1) is 9.03. The molecule has 0 amide bonds. The Morgan fingerprint density at radius 2 is 1.94 bits per heavy atom. The van der Waals surface area contributed by atoms with E-state index in [0.29, 0.717) is 0 Å². The number of aromatic nitrogens is 3. The largest absolute Gasteiger partial charge is 0.299 e. The van der Waals surface area contributed by atoms with Gasteiger partial charge in [-0.15, -0.1) is 0 Å². The van der Waals surface area contributed by atoms with Crippen LogP contribution in [0.2, 0.25) is 0 Å². The molecule has 0 saturated carbocycles. The van der Waals surface area contributed by atoms with Gasteiger partial charge < -0.3 is 0 Å². The van der Waals surface area contributed by atoms with Gasteiger partial charge in [0.15, 0.2) is 0 Å². The SMILES string of the molecule is Fc1cc(-n2cnc3ccccc32)ccn1. The zero-order chi connectivity index (χ0) is 11.0. The Morgan fingerprint density at radius 1 is 1.06 bits per heavy atom. The standard InChI is InChI=1S/C12H8FN3/c13-12-7-9(5-6-14-12)16-8-15-10-3-1-2-4-11(10)16/h1-8H. The zero-order valence-corrected chi connectivity index (χ0v) is 8.34. The van der Waals surface area contributed by atoms with Crippen LogP contribution in [0.15, 0.2) is 48.9 Å². The number of imidazole rings is 1. The van der Waals surface area contributed by atoms with Gasteiger partial charge >= 0.3 is 0 Å². The van der Waals surface area contributed by atoms with Crippen LogP contribution in [0, 0.1) is 5.95 Å². The molecule has 0 fully saturated rings. The number of pyridine rings is 1. The smallest absolute Gasteiger partial charge is 0.214 e. The lowest BCUT2D eigenvalue weighted by molar-refractivity contribution is 0.582. The fourth-order valence-electron chi connectivity index (χ4n) is 1.71. The molecule has 3 nitrogen and oxygen atoms in total. The number of rotatable bonds is 1. The highest BCUT2D eigenvalue weighted by molar-refractivity contribution is 5.77. The molecule has 0 bridgehead atoms. The summed E-state index contributed by atoms with van der Waals surface area (Å²) in [5.41, 5.74) is 2.56. The van der Waals surface area contributed by atoms with Crippen molar-refractivity contribution in [1.82, 2.24) is 14.5 Å². The molecule has 0 aliphatic heterocycles. The molecule has 3 rings (SSSR count). The van der Waals surface area contributed by atoms with Crippen LogP contribution in [0.4, 0.5) is 4.39 Å². The second-order valence-corrected chi connectivity index (χ2v) is 3.44. The Morgan fingerprint density at radius 3 is 2.81 bits per heavy atom. The molecule has 0 N–H and O–H groups in total. The number of hydrogen-bond donors (Lipinski definition) is 0. The lowest BCUT2D eigenvalue weighted by Crippen LogP contribution is -1.93. The number of benzene rings is 1. The molecule has 1 aromatic carbocycles. The minimum absolute atomic E-state index is 0.490. The maximum atomic E-state index is 13.0. The van der Waals surface area contributed by atoms with Crippen LogP contribution in [0.3, 0.4) is 0 Å². The van der Waals surface area contributed by atoms with E-state index in [9.17, 15) is 4.39 Å². The van der Waals surface area contributed by atoms with Gasteiger partial charge in [0.1, 0.15) is 6.33 Å². The highest BCUT2D eigenvalue weighted by Gasteiger charge is 2.04. The van der Waals surface area contributed by atoms with E-state index in [1.54, 1.807) is 12.4 Å². The summed E-state index contributed by atoms with van der Waals surface area (Å²) in [7, 11) is 0. The molecule has 0 radical (unpaired) electrons. The Labute approximate surface area is 91.2 Å². The molecule has 16 heavy (non-hydrogen) atoms. The summed E-state index contributed by atoms with van der Waals surface area (Å²) < 4.78 is 14.8. The first-order valence-electron chi connectivity index (χ1n) is 4.88. The maximum absolute atomic E-state index is 13.0. The van der Waals surface area contributed by atoms with Crippen LogP contribution in [-0.2, 0) is 0 Å². The number of nitrogens with zero attached hydrogens (tertiary/aromatic N) is 3. The number of para-hydroxylation sites is 2. The highest BCUT2D eigenvalue weighted by Crippen LogP contribution is 2.17. The van der Waals surface area contributed by atoms with Crippen LogP contribution in [0.5, 0.6) is 0 Å². The van der Waals surface area contributed by atoms with Gasteiger partial charge in [0.2, 0.25) is 5.95 Å². The van der Waals surface area contributed by atoms with Gasteiger partial charge in [0.25, 0.3) is 0 Å². The molecule has 2 heterocycles. The second-order valence-electron chi connectivity index (χ2n) is 3.44. The molecule has 4 heteroatoms. The minimum atomic E-state index is -0.490. The van der Waals surface area contributed by atoms with Gasteiger partial charge in [-0.2, -0.15) is 4.39 Å². The lowest BCUT2D eigenvalue weighted by Gasteiger charge is -2.03. The lowest BCUT2D eigenvalue weighted by atomic mass is 10.3. The molecule has 0 aliphatic rings. The molecule has 0 spiro atoms. The summed E-state index contributed by atoms with van der Waals surface area (Å²) >= 11 is 0. The van der Waals surface area contributed by atoms with Gasteiger partial charge in [0.05, 0.1) is 16.7 Å². The summed E-state index contributed by atoms with van der Waals surface area (Å²) in [4.78, 5) is 7.77.